The number of nitrogens with zero attached hydrogens (tertiary/aromatic N) is 1. The first-order valence-electron chi connectivity index (χ1n) is 6.71. The Morgan fingerprint density at radius 2 is 1.67 bits per heavy atom. The van der Waals surface area contributed by atoms with E-state index < -0.39 is 0 Å². The monoisotopic (exact) mass is 241 g/mol. The van der Waals surface area contributed by atoms with Crippen molar-refractivity contribution in [1.82, 2.24) is 0 Å². The standard InChI is InChI=1S/C17H23N/c1-10-8-14-15(11(2)13(10)9-18)17(6,7)12(3)16(14,4)5/h8,12H,1-7H3. The highest BCUT2D eigenvalue weighted by atomic mass is 14.5. The molecule has 0 fully saturated rings. The first kappa shape index (κ1) is 13.1. The van der Waals surface area contributed by atoms with E-state index in [0.717, 1.165) is 11.1 Å². The summed E-state index contributed by atoms with van der Waals surface area (Å²) in [5, 5.41) is 9.35. The van der Waals surface area contributed by atoms with Crippen LogP contribution in [0.1, 0.15) is 62.4 Å². The third-order valence-corrected chi connectivity index (χ3v) is 5.39. The SMILES string of the molecule is Cc1cc2c(c(C)c1C#N)C(C)(C)C(C)C2(C)C. The summed E-state index contributed by atoms with van der Waals surface area (Å²) in [6.07, 6.45) is 0. The second-order valence-electron chi connectivity index (χ2n) is 6.89. The molecule has 1 heteroatoms. The minimum atomic E-state index is 0.141. The molecule has 0 bridgehead atoms. The smallest absolute Gasteiger partial charge is 0.0997 e. The molecule has 0 heterocycles. The van der Waals surface area contributed by atoms with E-state index in [0.29, 0.717) is 5.92 Å². The molecule has 1 unspecified atom stereocenters. The summed E-state index contributed by atoms with van der Waals surface area (Å²) >= 11 is 0. The van der Waals surface area contributed by atoms with Crippen LogP contribution in [0.25, 0.3) is 0 Å². The first-order chi connectivity index (χ1) is 8.15. The van der Waals surface area contributed by atoms with Gasteiger partial charge >= 0.3 is 0 Å². The van der Waals surface area contributed by atoms with Gasteiger partial charge in [-0.2, -0.15) is 5.26 Å². The second-order valence-corrected chi connectivity index (χ2v) is 6.89. The molecule has 0 saturated heterocycles. The Morgan fingerprint density at radius 3 is 2.17 bits per heavy atom. The molecule has 1 aliphatic rings. The number of hydrogen-bond acceptors (Lipinski definition) is 1. The Kier molecular flexibility index (Phi) is 2.63. The van der Waals surface area contributed by atoms with Crippen LogP contribution in [-0.2, 0) is 10.8 Å². The van der Waals surface area contributed by atoms with Gasteiger partial charge < -0.3 is 0 Å². The number of rotatable bonds is 0. The molecule has 1 aromatic carbocycles. The Labute approximate surface area is 111 Å². The van der Waals surface area contributed by atoms with E-state index in [2.05, 4.69) is 60.6 Å². The topological polar surface area (TPSA) is 23.8 Å². The number of nitriles is 1. The molecule has 18 heavy (non-hydrogen) atoms. The summed E-state index contributed by atoms with van der Waals surface area (Å²) in [6, 6.07) is 4.62. The van der Waals surface area contributed by atoms with E-state index in [1.807, 2.05) is 0 Å². The van der Waals surface area contributed by atoms with Crippen LogP contribution in [-0.4, -0.2) is 0 Å². The predicted molar refractivity (Wildman–Crippen MR) is 75.8 cm³/mol. The zero-order valence-corrected chi connectivity index (χ0v) is 12.6. The summed E-state index contributed by atoms with van der Waals surface area (Å²) < 4.78 is 0. The molecule has 0 amide bonds. The molecule has 96 valence electrons. The number of benzene rings is 1. The Bertz CT molecular complexity index is 556. The normalized spacial score (nSPS) is 23.6. The van der Waals surface area contributed by atoms with E-state index in [-0.39, 0.29) is 10.8 Å². The zero-order chi connectivity index (χ0) is 13.9. The lowest BCUT2D eigenvalue weighted by Crippen LogP contribution is -2.31. The van der Waals surface area contributed by atoms with Gasteiger partial charge in [0.15, 0.2) is 0 Å². The number of hydrogen-bond donors (Lipinski definition) is 0. The van der Waals surface area contributed by atoms with Crippen molar-refractivity contribution in [2.24, 2.45) is 5.92 Å². The fourth-order valence-electron chi connectivity index (χ4n) is 3.85. The lowest BCUT2D eigenvalue weighted by molar-refractivity contribution is 0.264. The molecular formula is C17H23N. The Balaban J connectivity index is 2.89. The van der Waals surface area contributed by atoms with Crippen molar-refractivity contribution < 1.29 is 0 Å². The highest BCUT2D eigenvalue weighted by molar-refractivity contribution is 5.58. The van der Waals surface area contributed by atoms with Crippen LogP contribution in [0.15, 0.2) is 6.07 Å². The number of aryl methyl sites for hydroxylation is 1. The predicted octanol–water partition coefficient (Wildman–Crippen LogP) is 4.38. The van der Waals surface area contributed by atoms with Crippen LogP contribution < -0.4 is 0 Å². The van der Waals surface area contributed by atoms with Crippen molar-refractivity contribution in [3.05, 3.63) is 33.9 Å². The van der Waals surface area contributed by atoms with Gasteiger partial charge in [-0.25, -0.2) is 0 Å². The van der Waals surface area contributed by atoms with E-state index in [4.69, 9.17) is 0 Å². The molecule has 1 atom stereocenters. The maximum atomic E-state index is 9.35. The van der Waals surface area contributed by atoms with Gasteiger partial charge in [0.05, 0.1) is 11.6 Å². The molecule has 0 aromatic heterocycles. The summed E-state index contributed by atoms with van der Waals surface area (Å²) in [5.74, 6) is 0.576. The molecule has 0 radical (unpaired) electrons. The van der Waals surface area contributed by atoms with Gasteiger partial charge in [-0.05, 0) is 52.8 Å². The van der Waals surface area contributed by atoms with E-state index >= 15 is 0 Å². The fourth-order valence-corrected chi connectivity index (χ4v) is 3.85. The minimum Gasteiger partial charge on any atom is -0.192 e. The quantitative estimate of drug-likeness (QED) is 0.661. The molecule has 2 rings (SSSR count). The van der Waals surface area contributed by atoms with Crippen LogP contribution >= 0.6 is 0 Å². The minimum absolute atomic E-state index is 0.141. The van der Waals surface area contributed by atoms with Crippen molar-refractivity contribution in [2.75, 3.05) is 0 Å². The molecule has 1 aliphatic carbocycles. The Hall–Kier alpha value is -1.29. The molecule has 1 nitrogen and oxygen atoms in total. The maximum Gasteiger partial charge on any atom is 0.0997 e. The van der Waals surface area contributed by atoms with Gasteiger partial charge in [0.2, 0.25) is 0 Å². The summed E-state index contributed by atoms with van der Waals surface area (Å²) in [4.78, 5) is 0. The third-order valence-electron chi connectivity index (χ3n) is 5.39. The van der Waals surface area contributed by atoms with Gasteiger partial charge in [-0.15, -0.1) is 0 Å². The average Bonchev–Trinajstić information content (AvgIpc) is 2.38. The van der Waals surface area contributed by atoms with Crippen molar-refractivity contribution in [3.63, 3.8) is 0 Å². The zero-order valence-electron chi connectivity index (χ0n) is 12.6. The third kappa shape index (κ3) is 1.38. The van der Waals surface area contributed by atoms with Crippen molar-refractivity contribution in [2.45, 2.75) is 59.3 Å². The van der Waals surface area contributed by atoms with Crippen LogP contribution in [0.4, 0.5) is 0 Å². The molecule has 1 aromatic rings. The summed E-state index contributed by atoms with van der Waals surface area (Å²) in [5.41, 5.74) is 6.34. The van der Waals surface area contributed by atoms with Crippen molar-refractivity contribution in [1.29, 1.82) is 5.26 Å². The molecule has 0 N–H and O–H groups in total. The summed E-state index contributed by atoms with van der Waals surface area (Å²) in [6.45, 7) is 15.8. The fraction of sp³-hybridized carbons (Fsp3) is 0.588. The number of fused-ring (bicyclic) bond motifs is 1. The van der Waals surface area contributed by atoms with Gasteiger partial charge in [-0.1, -0.05) is 40.7 Å². The maximum absolute atomic E-state index is 9.35. The molecule has 0 aliphatic heterocycles. The largest absolute Gasteiger partial charge is 0.192 e. The summed E-state index contributed by atoms with van der Waals surface area (Å²) in [7, 11) is 0. The molecular weight excluding hydrogens is 218 g/mol. The average molecular weight is 241 g/mol. The lowest BCUT2D eigenvalue weighted by Gasteiger charge is -2.33. The van der Waals surface area contributed by atoms with Gasteiger partial charge in [0.25, 0.3) is 0 Å². The van der Waals surface area contributed by atoms with Gasteiger partial charge in [-0.3, -0.25) is 0 Å². The second kappa shape index (κ2) is 3.60. The van der Waals surface area contributed by atoms with E-state index in [9.17, 15) is 5.26 Å². The van der Waals surface area contributed by atoms with E-state index in [1.54, 1.807) is 0 Å². The van der Waals surface area contributed by atoms with Gasteiger partial charge in [0, 0.05) is 0 Å². The van der Waals surface area contributed by atoms with Crippen LogP contribution in [0.5, 0.6) is 0 Å². The Morgan fingerprint density at radius 1 is 1.11 bits per heavy atom. The highest BCUT2D eigenvalue weighted by Gasteiger charge is 2.49. The van der Waals surface area contributed by atoms with Gasteiger partial charge in [0.1, 0.15) is 0 Å². The highest BCUT2D eigenvalue weighted by Crippen LogP contribution is 2.55. The molecule has 0 spiro atoms. The lowest BCUT2D eigenvalue weighted by atomic mass is 9.71. The van der Waals surface area contributed by atoms with E-state index in [1.165, 1.54) is 16.7 Å². The van der Waals surface area contributed by atoms with Crippen LogP contribution in [0, 0.1) is 31.1 Å². The van der Waals surface area contributed by atoms with Crippen molar-refractivity contribution >= 4 is 0 Å². The van der Waals surface area contributed by atoms with Crippen LogP contribution in [0.3, 0.4) is 0 Å². The van der Waals surface area contributed by atoms with Crippen LogP contribution in [0.2, 0.25) is 0 Å². The first-order valence-corrected chi connectivity index (χ1v) is 6.71. The van der Waals surface area contributed by atoms with Crippen molar-refractivity contribution in [3.8, 4) is 6.07 Å². The molecule has 0 saturated carbocycles.